The Balaban J connectivity index is 1.37. The fourth-order valence-electron chi connectivity index (χ4n) is 3.19. The molecule has 1 aromatic carbocycles. The molecule has 0 amide bonds. The maximum absolute atomic E-state index is 9.39. The van der Waals surface area contributed by atoms with E-state index in [0.717, 1.165) is 44.2 Å². The summed E-state index contributed by atoms with van der Waals surface area (Å²) >= 11 is 0. The average molecular weight is 340 g/mol. The normalized spacial score (nSPS) is 17.8. The van der Waals surface area contributed by atoms with E-state index in [4.69, 9.17) is 9.47 Å². The van der Waals surface area contributed by atoms with Gasteiger partial charge in [0.25, 0.3) is 0 Å². The molecule has 2 aliphatic heterocycles. The van der Waals surface area contributed by atoms with Crippen LogP contribution in [0.1, 0.15) is 11.3 Å². The maximum atomic E-state index is 9.39. The van der Waals surface area contributed by atoms with E-state index in [2.05, 4.69) is 26.0 Å². The molecule has 0 aliphatic carbocycles. The van der Waals surface area contributed by atoms with Crippen LogP contribution >= 0.6 is 0 Å². The number of rotatable bonds is 3. The van der Waals surface area contributed by atoms with Crippen LogP contribution in [0.2, 0.25) is 0 Å². The van der Waals surface area contributed by atoms with E-state index in [1.807, 2.05) is 30.3 Å². The Morgan fingerprint density at radius 1 is 1.08 bits per heavy atom. The SMILES string of the molecule is O/N=C(/c1ccccn1)N1CCN(Cc2ccc3c(c2)OCO3)CC1. The molecule has 7 nitrogen and oxygen atoms in total. The number of piperazine rings is 1. The highest BCUT2D eigenvalue weighted by molar-refractivity contribution is 5.96. The van der Waals surface area contributed by atoms with E-state index >= 15 is 0 Å². The molecule has 2 aromatic rings. The lowest BCUT2D eigenvalue weighted by molar-refractivity contribution is 0.170. The second-order valence-corrected chi connectivity index (χ2v) is 6.09. The predicted molar refractivity (Wildman–Crippen MR) is 92.0 cm³/mol. The van der Waals surface area contributed by atoms with Crippen molar-refractivity contribution in [1.29, 1.82) is 0 Å². The summed E-state index contributed by atoms with van der Waals surface area (Å²) in [4.78, 5) is 8.72. The third-order valence-electron chi connectivity index (χ3n) is 4.50. The number of aromatic nitrogens is 1. The molecule has 3 heterocycles. The Labute approximate surface area is 146 Å². The molecule has 0 spiro atoms. The standard InChI is InChI=1S/C18H20N4O3/c23-20-18(15-3-1-2-6-19-15)22-9-7-21(8-10-22)12-14-4-5-16-17(11-14)25-13-24-16/h1-6,11,23H,7-10,12-13H2/b20-18-. The Hall–Kier alpha value is -2.80. The first-order valence-corrected chi connectivity index (χ1v) is 8.33. The van der Waals surface area contributed by atoms with Crippen molar-refractivity contribution >= 4 is 5.84 Å². The molecule has 1 saturated heterocycles. The van der Waals surface area contributed by atoms with E-state index in [1.165, 1.54) is 5.56 Å². The molecular weight excluding hydrogens is 320 g/mol. The van der Waals surface area contributed by atoms with Crippen LogP contribution in [-0.4, -0.2) is 58.8 Å². The smallest absolute Gasteiger partial charge is 0.231 e. The second-order valence-electron chi connectivity index (χ2n) is 6.09. The molecule has 130 valence electrons. The van der Waals surface area contributed by atoms with Gasteiger partial charge in [-0.05, 0) is 29.8 Å². The predicted octanol–water partition coefficient (Wildman–Crippen LogP) is 1.76. The van der Waals surface area contributed by atoms with Crippen molar-refractivity contribution in [2.45, 2.75) is 6.54 Å². The van der Waals surface area contributed by atoms with E-state index in [1.54, 1.807) is 6.20 Å². The van der Waals surface area contributed by atoms with Gasteiger partial charge in [-0.15, -0.1) is 0 Å². The Kier molecular flexibility index (Phi) is 4.39. The number of benzene rings is 1. The molecule has 0 saturated carbocycles. The fourth-order valence-corrected chi connectivity index (χ4v) is 3.19. The summed E-state index contributed by atoms with van der Waals surface area (Å²) in [7, 11) is 0. The van der Waals surface area contributed by atoms with Crippen molar-refractivity contribution in [2.75, 3.05) is 33.0 Å². The lowest BCUT2D eigenvalue weighted by Gasteiger charge is -2.35. The van der Waals surface area contributed by atoms with Crippen LogP contribution in [0.25, 0.3) is 0 Å². The quantitative estimate of drug-likeness (QED) is 0.397. The van der Waals surface area contributed by atoms with E-state index in [0.29, 0.717) is 18.3 Å². The van der Waals surface area contributed by atoms with Crippen LogP contribution < -0.4 is 9.47 Å². The molecule has 1 aromatic heterocycles. The summed E-state index contributed by atoms with van der Waals surface area (Å²) in [5.74, 6) is 2.16. The Morgan fingerprint density at radius 3 is 2.68 bits per heavy atom. The van der Waals surface area contributed by atoms with E-state index in [9.17, 15) is 5.21 Å². The Bertz CT molecular complexity index is 758. The van der Waals surface area contributed by atoms with Crippen molar-refractivity contribution in [2.24, 2.45) is 5.16 Å². The van der Waals surface area contributed by atoms with Crippen LogP contribution in [0, 0.1) is 0 Å². The van der Waals surface area contributed by atoms with Gasteiger partial charge >= 0.3 is 0 Å². The first kappa shape index (κ1) is 15.7. The number of amidine groups is 1. The van der Waals surface area contributed by atoms with E-state index < -0.39 is 0 Å². The first-order valence-electron chi connectivity index (χ1n) is 8.33. The zero-order valence-corrected chi connectivity index (χ0v) is 13.8. The zero-order valence-electron chi connectivity index (χ0n) is 13.8. The molecule has 7 heteroatoms. The van der Waals surface area contributed by atoms with Gasteiger partial charge in [-0.2, -0.15) is 0 Å². The molecule has 0 radical (unpaired) electrons. The van der Waals surface area contributed by atoms with Crippen molar-refractivity contribution in [3.8, 4) is 11.5 Å². The van der Waals surface area contributed by atoms with Crippen molar-refractivity contribution in [3.05, 3.63) is 53.9 Å². The molecular formula is C18H20N4O3. The number of fused-ring (bicyclic) bond motifs is 1. The van der Waals surface area contributed by atoms with Gasteiger partial charge in [0.1, 0.15) is 5.69 Å². The monoisotopic (exact) mass is 340 g/mol. The molecule has 2 aliphatic rings. The molecule has 1 fully saturated rings. The molecule has 0 unspecified atom stereocenters. The number of pyridine rings is 1. The highest BCUT2D eigenvalue weighted by Crippen LogP contribution is 2.32. The summed E-state index contributed by atoms with van der Waals surface area (Å²) in [6.45, 7) is 4.52. The minimum atomic E-state index is 0.300. The van der Waals surface area contributed by atoms with Gasteiger partial charge in [-0.3, -0.25) is 9.88 Å². The molecule has 0 atom stereocenters. The van der Waals surface area contributed by atoms with Crippen LogP contribution in [-0.2, 0) is 6.54 Å². The number of hydrogen-bond acceptors (Lipinski definition) is 6. The van der Waals surface area contributed by atoms with Gasteiger partial charge in [0.2, 0.25) is 6.79 Å². The maximum Gasteiger partial charge on any atom is 0.231 e. The number of hydrogen-bond donors (Lipinski definition) is 1. The van der Waals surface area contributed by atoms with Gasteiger partial charge in [-0.25, -0.2) is 0 Å². The minimum Gasteiger partial charge on any atom is -0.454 e. The van der Waals surface area contributed by atoms with Crippen LogP contribution in [0.3, 0.4) is 0 Å². The van der Waals surface area contributed by atoms with Gasteiger partial charge in [-0.1, -0.05) is 17.3 Å². The molecule has 1 N–H and O–H groups in total. The molecule has 25 heavy (non-hydrogen) atoms. The van der Waals surface area contributed by atoms with Crippen molar-refractivity contribution in [3.63, 3.8) is 0 Å². The summed E-state index contributed by atoms with van der Waals surface area (Å²) < 4.78 is 10.8. The highest BCUT2D eigenvalue weighted by atomic mass is 16.7. The summed E-state index contributed by atoms with van der Waals surface area (Å²) in [5, 5.41) is 12.9. The van der Waals surface area contributed by atoms with Gasteiger partial charge in [0.15, 0.2) is 17.3 Å². The van der Waals surface area contributed by atoms with Crippen molar-refractivity contribution in [1.82, 2.24) is 14.8 Å². The third kappa shape index (κ3) is 3.36. The van der Waals surface area contributed by atoms with Gasteiger partial charge in [0.05, 0.1) is 0 Å². The second kappa shape index (κ2) is 6.98. The van der Waals surface area contributed by atoms with Crippen LogP contribution in [0.4, 0.5) is 0 Å². The summed E-state index contributed by atoms with van der Waals surface area (Å²) in [6, 6.07) is 11.7. The van der Waals surface area contributed by atoms with Crippen LogP contribution in [0.5, 0.6) is 11.5 Å². The van der Waals surface area contributed by atoms with Crippen LogP contribution in [0.15, 0.2) is 47.8 Å². The fraction of sp³-hybridized carbons (Fsp3) is 0.333. The number of oxime groups is 1. The Morgan fingerprint density at radius 2 is 1.92 bits per heavy atom. The van der Waals surface area contributed by atoms with E-state index in [-0.39, 0.29) is 0 Å². The lowest BCUT2D eigenvalue weighted by atomic mass is 10.1. The van der Waals surface area contributed by atoms with Crippen molar-refractivity contribution < 1.29 is 14.7 Å². The lowest BCUT2D eigenvalue weighted by Crippen LogP contribution is -2.48. The number of ether oxygens (including phenoxy) is 2. The average Bonchev–Trinajstić information content (AvgIpc) is 3.12. The topological polar surface area (TPSA) is 70.4 Å². The summed E-state index contributed by atoms with van der Waals surface area (Å²) in [5.41, 5.74) is 1.90. The summed E-state index contributed by atoms with van der Waals surface area (Å²) in [6.07, 6.45) is 1.70. The molecule has 4 rings (SSSR count). The number of nitrogens with zero attached hydrogens (tertiary/aromatic N) is 4. The largest absolute Gasteiger partial charge is 0.454 e. The third-order valence-corrected chi connectivity index (χ3v) is 4.50. The van der Waals surface area contributed by atoms with Gasteiger partial charge < -0.3 is 19.6 Å². The minimum absolute atomic E-state index is 0.300. The first-order chi connectivity index (χ1) is 12.3. The zero-order chi connectivity index (χ0) is 17.1. The molecule has 0 bridgehead atoms. The highest BCUT2D eigenvalue weighted by Gasteiger charge is 2.22. The van der Waals surface area contributed by atoms with Gasteiger partial charge in [0, 0.05) is 38.9 Å².